The summed E-state index contributed by atoms with van der Waals surface area (Å²) in [5.41, 5.74) is 10.7. The van der Waals surface area contributed by atoms with Gasteiger partial charge in [0.2, 0.25) is 12.1 Å². The molecule has 10 nitrogen and oxygen atoms in total. The third-order valence-corrected chi connectivity index (χ3v) is 4.13. The predicted molar refractivity (Wildman–Crippen MR) is 111 cm³/mol. The molecular formula is C18H39N7O3. The number of aliphatic hydroxyl groups is 1. The number of unbranched alkanes of at least 4 members (excludes halogenated alkanes) is 3. The van der Waals surface area contributed by atoms with Crippen molar-refractivity contribution in [2.45, 2.75) is 70.6 Å². The average molecular weight is 402 g/mol. The van der Waals surface area contributed by atoms with Crippen LogP contribution in [-0.2, 0) is 9.59 Å². The monoisotopic (exact) mass is 401 g/mol. The molecule has 2 amide bonds. The zero-order valence-corrected chi connectivity index (χ0v) is 17.1. The maximum atomic E-state index is 11.8. The van der Waals surface area contributed by atoms with E-state index in [1.165, 1.54) is 0 Å². The van der Waals surface area contributed by atoms with Gasteiger partial charge in [-0.15, -0.1) is 0 Å². The molecule has 10 heteroatoms. The van der Waals surface area contributed by atoms with Crippen molar-refractivity contribution in [3.63, 3.8) is 0 Å². The molecule has 0 aliphatic carbocycles. The minimum Gasteiger partial charge on any atom is -0.370 e. The Kier molecular flexibility index (Phi) is 16.0. The van der Waals surface area contributed by atoms with E-state index in [4.69, 9.17) is 16.9 Å². The molecule has 2 unspecified atom stereocenters. The van der Waals surface area contributed by atoms with E-state index < -0.39 is 12.1 Å². The second-order valence-electron chi connectivity index (χ2n) is 6.92. The molecule has 0 aliphatic heterocycles. The zero-order chi connectivity index (χ0) is 21.2. The molecule has 28 heavy (non-hydrogen) atoms. The first kappa shape index (κ1) is 26.1. The molecule has 0 rings (SSSR count). The van der Waals surface area contributed by atoms with E-state index >= 15 is 0 Å². The van der Waals surface area contributed by atoms with Crippen molar-refractivity contribution >= 4 is 17.8 Å². The van der Waals surface area contributed by atoms with Crippen molar-refractivity contribution in [3.8, 4) is 0 Å². The molecule has 0 aromatic carbocycles. The molecule has 0 saturated heterocycles. The first-order valence-electron chi connectivity index (χ1n) is 10.1. The minimum atomic E-state index is -1.52. The van der Waals surface area contributed by atoms with Gasteiger partial charge in [-0.25, -0.2) is 0 Å². The Hall–Kier alpha value is -1.91. The molecule has 0 saturated carbocycles. The standard InChI is InChI=1S/C18H39N7O3/c1-14(24-18(20)21)8-3-2-4-9-15(26)25-17(28)16(27)23-13-6-5-11-22-12-7-10-19/h14,17,22,28H,2-13,19H2,1H3,(H,23,27)(H,25,26)(H4,20,21,24). The van der Waals surface area contributed by atoms with Gasteiger partial charge in [-0.3, -0.25) is 15.0 Å². The van der Waals surface area contributed by atoms with Crippen molar-refractivity contribution in [3.05, 3.63) is 0 Å². The van der Waals surface area contributed by atoms with Crippen LogP contribution in [0.1, 0.15) is 58.3 Å². The van der Waals surface area contributed by atoms with Crippen LogP contribution in [0.3, 0.4) is 0 Å². The second kappa shape index (κ2) is 17.2. The van der Waals surface area contributed by atoms with Gasteiger partial charge < -0.3 is 37.8 Å². The van der Waals surface area contributed by atoms with E-state index in [1.54, 1.807) is 0 Å². The molecule has 2 atom stereocenters. The normalized spacial score (nSPS) is 12.8. The van der Waals surface area contributed by atoms with E-state index in [9.17, 15) is 14.7 Å². The summed E-state index contributed by atoms with van der Waals surface area (Å²) in [5, 5.41) is 27.9. The van der Waals surface area contributed by atoms with E-state index in [0.29, 0.717) is 19.5 Å². The molecule has 0 spiro atoms. The number of aliphatic hydroxyl groups excluding tert-OH is 1. The maximum Gasteiger partial charge on any atom is 0.269 e. The molecule has 0 radical (unpaired) electrons. The van der Waals surface area contributed by atoms with E-state index in [-0.39, 0.29) is 24.3 Å². The van der Waals surface area contributed by atoms with Crippen molar-refractivity contribution in [2.75, 3.05) is 26.2 Å². The number of carbonyl (C=O) groups is 2. The van der Waals surface area contributed by atoms with E-state index in [2.05, 4.69) is 21.3 Å². The van der Waals surface area contributed by atoms with Crippen molar-refractivity contribution < 1.29 is 14.7 Å². The van der Waals surface area contributed by atoms with Crippen LogP contribution in [-0.4, -0.2) is 61.3 Å². The molecule has 0 bridgehead atoms. The Morgan fingerprint density at radius 1 is 1.00 bits per heavy atom. The van der Waals surface area contributed by atoms with Gasteiger partial charge in [0.1, 0.15) is 0 Å². The van der Waals surface area contributed by atoms with Gasteiger partial charge in [-0.05, 0) is 58.7 Å². The van der Waals surface area contributed by atoms with Gasteiger partial charge in [-0.2, -0.15) is 0 Å². The second-order valence-corrected chi connectivity index (χ2v) is 6.92. The molecule has 0 aliphatic rings. The Balaban J connectivity index is 3.65. The molecular weight excluding hydrogens is 362 g/mol. The fourth-order valence-electron chi connectivity index (χ4n) is 2.58. The third-order valence-electron chi connectivity index (χ3n) is 4.13. The van der Waals surface area contributed by atoms with Crippen molar-refractivity contribution in [1.29, 1.82) is 5.41 Å². The Morgan fingerprint density at radius 3 is 2.36 bits per heavy atom. The van der Waals surface area contributed by atoms with Crippen LogP contribution >= 0.6 is 0 Å². The number of rotatable bonds is 17. The van der Waals surface area contributed by atoms with Crippen molar-refractivity contribution in [1.82, 2.24) is 21.3 Å². The lowest BCUT2D eigenvalue weighted by Gasteiger charge is -2.14. The topological polar surface area (TPSA) is 178 Å². The summed E-state index contributed by atoms with van der Waals surface area (Å²) < 4.78 is 0. The summed E-state index contributed by atoms with van der Waals surface area (Å²) in [7, 11) is 0. The summed E-state index contributed by atoms with van der Waals surface area (Å²) in [6, 6.07) is 0.124. The lowest BCUT2D eigenvalue weighted by molar-refractivity contribution is -0.136. The van der Waals surface area contributed by atoms with Crippen molar-refractivity contribution in [2.24, 2.45) is 11.5 Å². The number of guanidine groups is 1. The highest BCUT2D eigenvalue weighted by Gasteiger charge is 2.16. The molecule has 0 aromatic rings. The SMILES string of the molecule is CC(CCCCCC(=O)NC(O)C(=O)NCCCCNCCCN)NC(=N)N. The number of hydrogen-bond donors (Lipinski definition) is 8. The van der Waals surface area contributed by atoms with Crippen LogP contribution in [0.25, 0.3) is 0 Å². The smallest absolute Gasteiger partial charge is 0.269 e. The molecule has 0 heterocycles. The Bertz CT molecular complexity index is 449. The van der Waals surface area contributed by atoms with Gasteiger partial charge in [0.15, 0.2) is 5.96 Å². The average Bonchev–Trinajstić information content (AvgIpc) is 2.62. The number of amides is 2. The maximum absolute atomic E-state index is 11.8. The summed E-state index contributed by atoms with van der Waals surface area (Å²) >= 11 is 0. The van der Waals surface area contributed by atoms with E-state index in [0.717, 1.165) is 51.6 Å². The van der Waals surface area contributed by atoms with Crippen LogP contribution in [0.2, 0.25) is 0 Å². The minimum absolute atomic E-state index is 0.0432. The number of carbonyl (C=O) groups excluding carboxylic acids is 2. The largest absolute Gasteiger partial charge is 0.370 e. The number of nitrogens with one attached hydrogen (secondary N) is 5. The predicted octanol–water partition coefficient (Wildman–Crippen LogP) is -0.922. The lowest BCUT2D eigenvalue weighted by atomic mass is 10.1. The van der Waals surface area contributed by atoms with Gasteiger partial charge in [0.05, 0.1) is 0 Å². The van der Waals surface area contributed by atoms with Crippen LogP contribution in [0.4, 0.5) is 0 Å². The molecule has 10 N–H and O–H groups in total. The first-order chi connectivity index (χ1) is 13.4. The Morgan fingerprint density at radius 2 is 1.68 bits per heavy atom. The molecule has 0 fully saturated rings. The molecule has 164 valence electrons. The summed E-state index contributed by atoms with van der Waals surface area (Å²) in [6.07, 6.45) is 4.66. The number of nitrogens with two attached hydrogens (primary N) is 2. The fraction of sp³-hybridized carbons (Fsp3) is 0.833. The van der Waals surface area contributed by atoms with Gasteiger partial charge >= 0.3 is 0 Å². The lowest BCUT2D eigenvalue weighted by Crippen LogP contribution is -2.46. The number of hydrogen-bond acceptors (Lipinski definition) is 6. The highest BCUT2D eigenvalue weighted by atomic mass is 16.3. The summed E-state index contributed by atoms with van der Waals surface area (Å²) in [4.78, 5) is 23.5. The Labute approximate surface area is 168 Å². The van der Waals surface area contributed by atoms with Gasteiger partial charge in [-0.1, -0.05) is 12.8 Å². The van der Waals surface area contributed by atoms with Crippen LogP contribution in [0, 0.1) is 5.41 Å². The zero-order valence-electron chi connectivity index (χ0n) is 17.1. The molecule has 0 aromatic heterocycles. The fourth-order valence-corrected chi connectivity index (χ4v) is 2.58. The van der Waals surface area contributed by atoms with E-state index in [1.807, 2.05) is 6.92 Å². The third kappa shape index (κ3) is 16.3. The van der Waals surface area contributed by atoms with Gasteiger partial charge in [0, 0.05) is 19.0 Å². The van der Waals surface area contributed by atoms with Gasteiger partial charge in [0.25, 0.3) is 5.91 Å². The quantitative estimate of drug-likeness (QED) is 0.0671. The highest BCUT2D eigenvalue weighted by molar-refractivity contribution is 5.86. The first-order valence-corrected chi connectivity index (χ1v) is 10.1. The summed E-state index contributed by atoms with van der Waals surface area (Å²) in [6.45, 7) is 4.82. The van der Waals surface area contributed by atoms with Crippen LogP contribution < -0.4 is 32.7 Å². The van der Waals surface area contributed by atoms with Crippen LogP contribution in [0.5, 0.6) is 0 Å². The summed E-state index contributed by atoms with van der Waals surface area (Å²) in [5.74, 6) is -0.978. The van der Waals surface area contributed by atoms with Crippen LogP contribution in [0.15, 0.2) is 0 Å². The highest BCUT2D eigenvalue weighted by Crippen LogP contribution is 2.05.